The second-order valence-corrected chi connectivity index (χ2v) is 7.86. The molecular formula is C24H28N2O6. The molecule has 0 radical (unpaired) electrons. The molecule has 2 aromatic rings. The number of benzene rings is 2. The lowest BCUT2D eigenvalue weighted by Gasteiger charge is -2.37. The Balaban J connectivity index is 1.61. The maximum Gasteiger partial charge on any atom is 0.257 e. The van der Waals surface area contributed by atoms with Crippen LogP contribution in [-0.2, 0) is 0 Å². The van der Waals surface area contributed by atoms with Gasteiger partial charge < -0.3 is 29.2 Å². The zero-order chi connectivity index (χ0) is 22.7. The van der Waals surface area contributed by atoms with Crippen molar-refractivity contribution in [3.05, 3.63) is 41.5 Å². The summed E-state index contributed by atoms with van der Waals surface area (Å²) >= 11 is 0. The molecule has 1 atom stereocenters. The molecule has 1 N–H and O–H groups in total. The lowest BCUT2D eigenvalue weighted by atomic mass is 9.97. The molecule has 4 rings (SSSR count). The lowest BCUT2D eigenvalue weighted by Crippen LogP contribution is -2.45. The molecule has 2 aliphatic heterocycles. The van der Waals surface area contributed by atoms with Crippen molar-refractivity contribution >= 4 is 17.5 Å². The number of hydrogen-bond donors (Lipinski definition) is 1. The fourth-order valence-electron chi connectivity index (χ4n) is 4.34. The van der Waals surface area contributed by atoms with Gasteiger partial charge in [-0.1, -0.05) is 0 Å². The van der Waals surface area contributed by atoms with E-state index in [0.717, 1.165) is 32.2 Å². The molecule has 0 saturated carbocycles. The molecule has 1 fully saturated rings. The molecule has 8 heteroatoms. The minimum Gasteiger partial charge on any atom is -0.493 e. The average Bonchev–Trinajstić information content (AvgIpc) is 2.82. The highest BCUT2D eigenvalue weighted by molar-refractivity contribution is 6.06. The fraction of sp³-hybridized carbons (Fsp3) is 0.417. The van der Waals surface area contributed by atoms with Gasteiger partial charge in [0.1, 0.15) is 5.75 Å². The normalized spacial score (nSPS) is 17.8. The zero-order valence-corrected chi connectivity index (χ0v) is 18.6. The number of methoxy groups -OCH3 is 3. The smallest absolute Gasteiger partial charge is 0.257 e. The molecule has 2 aliphatic rings. The number of carbonyl (C=O) groups is 2. The zero-order valence-electron chi connectivity index (χ0n) is 18.6. The molecule has 2 amide bonds. The Bertz CT molecular complexity index is 997. The van der Waals surface area contributed by atoms with Gasteiger partial charge in [-0.15, -0.1) is 0 Å². The Labute approximate surface area is 187 Å². The number of nitrogens with zero attached hydrogens (tertiary/aromatic N) is 1. The summed E-state index contributed by atoms with van der Waals surface area (Å²) in [7, 11) is 4.49. The molecule has 1 saturated heterocycles. The Morgan fingerprint density at radius 2 is 1.78 bits per heavy atom. The highest BCUT2D eigenvalue weighted by Gasteiger charge is 2.31. The van der Waals surface area contributed by atoms with Crippen molar-refractivity contribution in [3.63, 3.8) is 0 Å². The van der Waals surface area contributed by atoms with Crippen LogP contribution in [0.15, 0.2) is 30.3 Å². The van der Waals surface area contributed by atoms with E-state index in [2.05, 4.69) is 5.32 Å². The minimum atomic E-state index is -0.362. The van der Waals surface area contributed by atoms with Crippen LogP contribution >= 0.6 is 0 Å². The molecule has 2 heterocycles. The molecule has 0 bridgehead atoms. The first-order chi connectivity index (χ1) is 15.5. The first kappa shape index (κ1) is 21.8. The SMILES string of the molecule is COc1cc(C(=O)Nc2ccc3c(c2)C(=O)N2CCCCC2CCO3)cc(OC)c1OC. The van der Waals surface area contributed by atoms with Crippen molar-refractivity contribution in [2.45, 2.75) is 31.7 Å². The Morgan fingerprint density at radius 3 is 2.47 bits per heavy atom. The van der Waals surface area contributed by atoms with E-state index in [1.807, 2.05) is 4.90 Å². The summed E-state index contributed by atoms with van der Waals surface area (Å²) in [5, 5.41) is 2.86. The second-order valence-electron chi connectivity index (χ2n) is 7.86. The van der Waals surface area contributed by atoms with Gasteiger partial charge in [-0.3, -0.25) is 9.59 Å². The summed E-state index contributed by atoms with van der Waals surface area (Å²) in [4.78, 5) is 28.2. The van der Waals surface area contributed by atoms with Gasteiger partial charge in [-0.2, -0.15) is 0 Å². The first-order valence-corrected chi connectivity index (χ1v) is 10.7. The van der Waals surface area contributed by atoms with E-state index in [1.54, 1.807) is 30.3 Å². The van der Waals surface area contributed by atoms with Crippen LogP contribution < -0.4 is 24.3 Å². The third-order valence-electron chi connectivity index (χ3n) is 5.99. The number of amides is 2. The number of hydrogen-bond acceptors (Lipinski definition) is 6. The number of ether oxygens (including phenoxy) is 4. The van der Waals surface area contributed by atoms with Crippen molar-refractivity contribution in [2.24, 2.45) is 0 Å². The highest BCUT2D eigenvalue weighted by Crippen LogP contribution is 2.38. The number of carbonyl (C=O) groups excluding carboxylic acids is 2. The Hall–Kier alpha value is -3.42. The second kappa shape index (κ2) is 9.38. The molecule has 0 aromatic heterocycles. The third kappa shape index (κ3) is 4.17. The van der Waals surface area contributed by atoms with Crippen LogP contribution in [-0.4, -0.2) is 57.2 Å². The van der Waals surface area contributed by atoms with Crippen molar-refractivity contribution in [1.82, 2.24) is 4.90 Å². The fourth-order valence-corrected chi connectivity index (χ4v) is 4.34. The van der Waals surface area contributed by atoms with Crippen molar-refractivity contribution < 1.29 is 28.5 Å². The van der Waals surface area contributed by atoms with E-state index in [9.17, 15) is 9.59 Å². The monoisotopic (exact) mass is 440 g/mol. The van der Waals surface area contributed by atoms with Crippen LogP contribution in [0.1, 0.15) is 46.4 Å². The van der Waals surface area contributed by atoms with Crippen LogP contribution in [0.3, 0.4) is 0 Å². The largest absolute Gasteiger partial charge is 0.493 e. The number of piperidine rings is 1. The van der Waals surface area contributed by atoms with E-state index >= 15 is 0 Å². The maximum atomic E-state index is 13.3. The number of fused-ring (bicyclic) bond motifs is 2. The third-order valence-corrected chi connectivity index (χ3v) is 5.99. The van der Waals surface area contributed by atoms with Gasteiger partial charge in [-0.05, 0) is 49.6 Å². The molecule has 1 unspecified atom stereocenters. The summed E-state index contributed by atoms with van der Waals surface area (Å²) in [6.45, 7) is 1.32. The molecule has 8 nitrogen and oxygen atoms in total. The average molecular weight is 440 g/mol. The summed E-state index contributed by atoms with van der Waals surface area (Å²) < 4.78 is 21.8. The number of anilines is 1. The van der Waals surface area contributed by atoms with Crippen LogP contribution in [0.4, 0.5) is 5.69 Å². The summed E-state index contributed by atoms with van der Waals surface area (Å²) in [6.07, 6.45) is 3.98. The predicted octanol–water partition coefficient (Wildman–Crippen LogP) is 3.74. The first-order valence-electron chi connectivity index (χ1n) is 10.7. The molecule has 170 valence electrons. The van der Waals surface area contributed by atoms with Gasteiger partial charge in [0.2, 0.25) is 5.75 Å². The van der Waals surface area contributed by atoms with Gasteiger partial charge >= 0.3 is 0 Å². The summed E-state index contributed by atoms with van der Waals surface area (Å²) in [5.74, 6) is 1.31. The molecule has 2 aromatic carbocycles. The topological polar surface area (TPSA) is 86.3 Å². The summed E-state index contributed by atoms with van der Waals surface area (Å²) in [6, 6.07) is 8.53. The predicted molar refractivity (Wildman–Crippen MR) is 119 cm³/mol. The standard InChI is InChI=1S/C24H28N2O6/c1-29-20-12-15(13-21(30-2)22(20)31-3)23(27)25-16-7-8-19-18(14-16)24(28)26-10-5-4-6-17(26)9-11-32-19/h7-8,12-14,17H,4-6,9-11H2,1-3H3,(H,25,27). The van der Waals surface area contributed by atoms with Crippen molar-refractivity contribution in [3.8, 4) is 23.0 Å². The molecule has 0 aliphatic carbocycles. The number of rotatable bonds is 5. The van der Waals surface area contributed by atoms with Crippen LogP contribution in [0.5, 0.6) is 23.0 Å². The minimum absolute atomic E-state index is 0.0479. The van der Waals surface area contributed by atoms with Crippen LogP contribution in [0.2, 0.25) is 0 Å². The molecule has 0 spiro atoms. The van der Waals surface area contributed by atoms with E-state index in [1.165, 1.54) is 21.3 Å². The van der Waals surface area contributed by atoms with Gasteiger partial charge in [0.15, 0.2) is 11.5 Å². The van der Waals surface area contributed by atoms with Gasteiger partial charge in [0.05, 0.1) is 33.5 Å². The molecular weight excluding hydrogens is 412 g/mol. The Kier molecular flexibility index (Phi) is 6.39. The van der Waals surface area contributed by atoms with Gasteiger partial charge in [0, 0.05) is 30.3 Å². The van der Waals surface area contributed by atoms with E-state index in [-0.39, 0.29) is 17.9 Å². The van der Waals surface area contributed by atoms with Crippen molar-refractivity contribution in [1.29, 1.82) is 0 Å². The lowest BCUT2D eigenvalue weighted by molar-refractivity contribution is 0.0548. The molecule has 32 heavy (non-hydrogen) atoms. The van der Waals surface area contributed by atoms with Gasteiger partial charge in [0.25, 0.3) is 11.8 Å². The van der Waals surface area contributed by atoms with Gasteiger partial charge in [-0.25, -0.2) is 0 Å². The Morgan fingerprint density at radius 1 is 1.03 bits per heavy atom. The quantitative estimate of drug-likeness (QED) is 0.762. The summed E-state index contributed by atoms with van der Waals surface area (Å²) in [5.41, 5.74) is 1.32. The maximum absolute atomic E-state index is 13.3. The highest BCUT2D eigenvalue weighted by atomic mass is 16.5. The van der Waals surface area contributed by atoms with E-state index in [0.29, 0.717) is 46.4 Å². The van der Waals surface area contributed by atoms with E-state index < -0.39 is 0 Å². The van der Waals surface area contributed by atoms with Crippen molar-refractivity contribution in [2.75, 3.05) is 39.8 Å². The number of nitrogens with one attached hydrogen (secondary N) is 1. The van der Waals surface area contributed by atoms with Crippen LogP contribution in [0.25, 0.3) is 0 Å². The van der Waals surface area contributed by atoms with E-state index in [4.69, 9.17) is 18.9 Å². The van der Waals surface area contributed by atoms with Crippen LogP contribution in [0, 0.1) is 0 Å².